The van der Waals surface area contributed by atoms with Gasteiger partial charge in [0, 0.05) is 17.9 Å². The Kier molecular flexibility index (Phi) is 4.97. The van der Waals surface area contributed by atoms with Crippen molar-refractivity contribution >= 4 is 21.8 Å². The Balaban J connectivity index is 2.85. The van der Waals surface area contributed by atoms with Crippen LogP contribution < -0.4 is 0 Å². The van der Waals surface area contributed by atoms with E-state index >= 15 is 0 Å². The molecule has 100 valence electrons. The first-order chi connectivity index (χ1) is 8.27. The fourth-order valence-electron chi connectivity index (χ4n) is 1.70. The number of likely N-dealkylation sites (N-methyl/N-ethyl adjacent to an activating group) is 1. The molecule has 2 nitrogen and oxygen atoms in total. The molecule has 0 aliphatic rings. The van der Waals surface area contributed by atoms with Gasteiger partial charge in [0.15, 0.2) is 0 Å². The van der Waals surface area contributed by atoms with Crippen molar-refractivity contribution in [2.45, 2.75) is 39.7 Å². The maximum atomic E-state index is 12.3. The van der Waals surface area contributed by atoms with Crippen LogP contribution in [0.5, 0.6) is 0 Å². The van der Waals surface area contributed by atoms with E-state index in [0.29, 0.717) is 6.42 Å². The highest BCUT2D eigenvalue weighted by atomic mass is 79.9. The second-order valence-corrected chi connectivity index (χ2v) is 6.07. The summed E-state index contributed by atoms with van der Waals surface area (Å²) in [6, 6.07) is 6.26. The van der Waals surface area contributed by atoms with Gasteiger partial charge in [-0.2, -0.15) is 0 Å². The summed E-state index contributed by atoms with van der Waals surface area (Å²) in [5.74, 6) is 0.160. The molecule has 0 aliphatic heterocycles. The summed E-state index contributed by atoms with van der Waals surface area (Å²) in [6.45, 7) is 8.22. The average Bonchev–Trinajstić information content (AvgIpc) is 2.32. The Hall–Kier alpha value is -0.830. The van der Waals surface area contributed by atoms with Gasteiger partial charge in [0.05, 0.1) is 6.42 Å². The Morgan fingerprint density at radius 1 is 1.33 bits per heavy atom. The van der Waals surface area contributed by atoms with Gasteiger partial charge in [-0.15, -0.1) is 0 Å². The number of aryl methyl sites for hydroxylation is 2. The van der Waals surface area contributed by atoms with Gasteiger partial charge in [-0.1, -0.05) is 39.7 Å². The maximum Gasteiger partial charge on any atom is 0.227 e. The minimum Gasteiger partial charge on any atom is -0.340 e. The van der Waals surface area contributed by atoms with Crippen LogP contribution in [-0.4, -0.2) is 28.7 Å². The fraction of sp³-hybridized carbons (Fsp3) is 0.533. The number of nitrogens with zero attached hydrogens (tertiary/aromatic N) is 1. The lowest BCUT2D eigenvalue weighted by molar-refractivity contribution is -0.133. The van der Waals surface area contributed by atoms with E-state index in [1.807, 2.05) is 11.9 Å². The van der Waals surface area contributed by atoms with Crippen LogP contribution >= 0.6 is 15.9 Å². The number of halogens is 1. The topological polar surface area (TPSA) is 20.3 Å². The first kappa shape index (κ1) is 15.2. The van der Waals surface area contributed by atoms with Gasteiger partial charge < -0.3 is 4.90 Å². The molecule has 0 aliphatic carbocycles. The van der Waals surface area contributed by atoms with Gasteiger partial charge in [0.25, 0.3) is 0 Å². The van der Waals surface area contributed by atoms with Crippen LogP contribution in [0.25, 0.3) is 0 Å². The van der Waals surface area contributed by atoms with Gasteiger partial charge in [-0.25, -0.2) is 0 Å². The highest BCUT2D eigenvalue weighted by Gasteiger charge is 2.26. The molecule has 0 bridgehead atoms. The number of carbonyl (C=O) groups excluding carboxylic acids is 1. The highest BCUT2D eigenvalue weighted by Crippen LogP contribution is 2.18. The summed E-state index contributed by atoms with van der Waals surface area (Å²) in [6.07, 6.45) is 0.473. The smallest absolute Gasteiger partial charge is 0.227 e. The predicted molar refractivity (Wildman–Crippen MR) is 80.3 cm³/mol. The molecule has 3 heteroatoms. The van der Waals surface area contributed by atoms with Crippen LogP contribution in [0.2, 0.25) is 0 Å². The monoisotopic (exact) mass is 311 g/mol. The maximum absolute atomic E-state index is 12.3. The Bertz CT molecular complexity index is 440. The molecule has 0 heterocycles. The van der Waals surface area contributed by atoms with Crippen molar-refractivity contribution < 1.29 is 4.79 Å². The molecule has 0 N–H and O–H groups in total. The lowest BCUT2D eigenvalue weighted by Gasteiger charge is -2.34. The molecule has 0 radical (unpaired) electrons. The van der Waals surface area contributed by atoms with Crippen LogP contribution in [-0.2, 0) is 11.2 Å². The third-order valence-electron chi connectivity index (χ3n) is 3.46. The zero-order valence-electron chi connectivity index (χ0n) is 11.9. The molecule has 0 saturated heterocycles. The van der Waals surface area contributed by atoms with Crippen LogP contribution in [0.1, 0.15) is 30.5 Å². The van der Waals surface area contributed by atoms with Gasteiger partial charge in [-0.3, -0.25) is 4.79 Å². The molecular formula is C15H22BrNO. The molecule has 0 spiro atoms. The van der Waals surface area contributed by atoms with Crippen molar-refractivity contribution in [2.75, 3.05) is 12.4 Å². The zero-order valence-corrected chi connectivity index (χ0v) is 13.5. The van der Waals surface area contributed by atoms with E-state index in [1.165, 1.54) is 11.1 Å². The summed E-state index contributed by atoms with van der Waals surface area (Å²) in [5, 5.41) is 0.773. The summed E-state index contributed by atoms with van der Waals surface area (Å²) >= 11 is 3.46. The van der Waals surface area contributed by atoms with Crippen molar-refractivity contribution in [1.82, 2.24) is 4.90 Å². The second-order valence-electron chi connectivity index (χ2n) is 5.51. The van der Waals surface area contributed by atoms with E-state index in [0.717, 1.165) is 10.9 Å². The lowest BCUT2D eigenvalue weighted by Crippen LogP contribution is -2.47. The summed E-state index contributed by atoms with van der Waals surface area (Å²) in [5.41, 5.74) is 3.34. The summed E-state index contributed by atoms with van der Waals surface area (Å²) in [4.78, 5) is 14.1. The number of benzene rings is 1. The molecule has 0 saturated carbocycles. The SMILES string of the molecule is Cc1ccc(C)c(CC(=O)N(C)C(C)(C)CBr)c1. The molecular weight excluding hydrogens is 290 g/mol. The first-order valence-electron chi connectivity index (χ1n) is 6.16. The van der Waals surface area contributed by atoms with Gasteiger partial charge >= 0.3 is 0 Å². The summed E-state index contributed by atoms with van der Waals surface area (Å²) in [7, 11) is 1.87. The normalized spacial score (nSPS) is 11.4. The summed E-state index contributed by atoms with van der Waals surface area (Å²) < 4.78 is 0. The largest absolute Gasteiger partial charge is 0.340 e. The van der Waals surface area contributed by atoms with Crippen molar-refractivity contribution in [3.63, 3.8) is 0 Å². The van der Waals surface area contributed by atoms with E-state index in [2.05, 4.69) is 61.8 Å². The van der Waals surface area contributed by atoms with Gasteiger partial charge in [0.1, 0.15) is 0 Å². The minimum absolute atomic E-state index is 0.158. The predicted octanol–water partition coefficient (Wildman–Crippen LogP) is 3.48. The highest BCUT2D eigenvalue weighted by molar-refractivity contribution is 9.09. The van der Waals surface area contributed by atoms with E-state index in [-0.39, 0.29) is 11.4 Å². The van der Waals surface area contributed by atoms with Crippen LogP contribution in [0.4, 0.5) is 0 Å². The molecule has 0 aromatic heterocycles. The molecule has 0 atom stereocenters. The second kappa shape index (κ2) is 5.87. The number of hydrogen-bond donors (Lipinski definition) is 0. The number of alkyl halides is 1. The molecule has 18 heavy (non-hydrogen) atoms. The minimum atomic E-state index is -0.158. The fourth-order valence-corrected chi connectivity index (χ4v) is 2.08. The lowest BCUT2D eigenvalue weighted by atomic mass is 10.0. The molecule has 1 aromatic rings. The van der Waals surface area contributed by atoms with Crippen molar-refractivity contribution in [3.05, 3.63) is 34.9 Å². The third kappa shape index (κ3) is 3.58. The quantitative estimate of drug-likeness (QED) is 0.780. The Morgan fingerprint density at radius 2 is 1.94 bits per heavy atom. The van der Waals surface area contributed by atoms with Crippen LogP contribution in [0.3, 0.4) is 0 Å². The molecule has 1 amide bonds. The van der Waals surface area contributed by atoms with E-state index in [4.69, 9.17) is 0 Å². The van der Waals surface area contributed by atoms with Crippen molar-refractivity contribution in [2.24, 2.45) is 0 Å². The molecule has 0 unspecified atom stereocenters. The Labute approximate surface area is 119 Å². The number of rotatable bonds is 4. The van der Waals surface area contributed by atoms with Crippen LogP contribution in [0, 0.1) is 13.8 Å². The molecule has 1 aromatic carbocycles. The van der Waals surface area contributed by atoms with Gasteiger partial charge in [0.2, 0.25) is 5.91 Å². The average molecular weight is 312 g/mol. The zero-order chi connectivity index (χ0) is 13.9. The molecule has 1 rings (SSSR count). The number of amides is 1. The molecule has 0 fully saturated rings. The number of hydrogen-bond acceptors (Lipinski definition) is 1. The van der Waals surface area contributed by atoms with E-state index in [1.54, 1.807) is 0 Å². The van der Waals surface area contributed by atoms with E-state index in [9.17, 15) is 4.79 Å². The van der Waals surface area contributed by atoms with Crippen LogP contribution in [0.15, 0.2) is 18.2 Å². The van der Waals surface area contributed by atoms with Gasteiger partial charge in [-0.05, 0) is 38.8 Å². The van der Waals surface area contributed by atoms with Crippen molar-refractivity contribution in [3.8, 4) is 0 Å². The first-order valence-corrected chi connectivity index (χ1v) is 7.29. The number of carbonyl (C=O) groups is 1. The van der Waals surface area contributed by atoms with Crippen molar-refractivity contribution in [1.29, 1.82) is 0 Å². The van der Waals surface area contributed by atoms with E-state index < -0.39 is 0 Å². The third-order valence-corrected chi connectivity index (χ3v) is 4.83. The standard InChI is InChI=1S/C15H22BrNO/c1-11-6-7-12(2)13(8-11)9-14(18)17(5)15(3,4)10-16/h6-8H,9-10H2,1-5H3. The Morgan fingerprint density at radius 3 is 2.50 bits per heavy atom.